The zero-order chi connectivity index (χ0) is 17.9. The summed E-state index contributed by atoms with van der Waals surface area (Å²) in [6.45, 7) is 3.92. The predicted octanol–water partition coefficient (Wildman–Crippen LogP) is 5.29. The maximum atomic E-state index is 12.7. The van der Waals surface area contributed by atoms with Crippen LogP contribution in [0.5, 0.6) is 0 Å². The lowest BCUT2D eigenvalue weighted by Gasteiger charge is -2.09. The topological polar surface area (TPSA) is 42.7 Å². The van der Waals surface area contributed by atoms with Gasteiger partial charge in [-0.1, -0.05) is 42.5 Å². The van der Waals surface area contributed by atoms with E-state index in [1.165, 1.54) is 5.39 Å². The van der Waals surface area contributed by atoms with Gasteiger partial charge in [0.05, 0.1) is 5.39 Å². The molecule has 0 N–H and O–H groups in total. The SMILES string of the molecule is C/C=C\[C@H]1O[C@]1(C)c1cc(=O)c2ccc3cc4ccccc4cc3c2o1. The van der Waals surface area contributed by atoms with Gasteiger partial charge in [-0.15, -0.1) is 0 Å². The third kappa shape index (κ3) is 2.14. The van der Waals surface area contributed by atoms with Gasteiger partial charge in [0, 0.05) is 11.5 Å². The first-order valence-corrected chi connectivity index (χ1v) is 8.80. The second-order valence-corrected chi connectivity index (χ2v) is 7.01. The molecule has 0 bridgehead atoms. The monoisotopic (exact) mass is 342 g/mol. The Kier molecular flexibility index (Phi) is 3.12. The Morgan fingerprint density at radius 2 is 1.73 bits per heavy atom. The van der Waals surface area contributed by atoms with E-state index in [4.69, 9.17) is 9.15 Å². The Morgan fingerprint density at radius 1 is 0.962 bits per heavy atom. The van der Waals surface area contributed by atoms with E-state index in [1.807, 2.05) is 50.3 Å². The average molecular weight is 342 g/mol. The molecule has 0 radical (unpaired) electrons. The first-order chi connectivity index (χ1) is 12.6. The molecule has 3 aromatic carbocycles. The molecule has 1 fully saturated rings. The molecule has 1 saturated heterocycles. The van der Waals surface area contributed by atoms with Gasteiger partial charge in [-0.2, -0.15) is 0 Å². The summed E-state index contributed by atoms with van der Waals surface area (Å²) in [5.74, 6) is 0.582. The molecule has 4 aromatic rings. The molecule has 0 amide bonds. The number of epoxide rings is 1. The van der Waals surface area contributed by atoms with Gasteiger partial charge in [-0.3, -0.25) is 4.79 Å². The smallest absolute Gasteiger partial charge is 0.193 e. The zero-order valence-corrected chi connectivity index (χ0v) is 14.7. The van der Waals surface area contributed by atoms with Crippen molar-refractivity contribution in [3.8, 4) is 0 Å². The average Bonchev–Trinajstić information content (AvgIpc) is 3.31. The van der Waals surface area contributed by atoms with Gasteiger partial charge in [-0.05, 0) is 48.2 Å². The highest BCUT2D eigenvalue weighted by Gasteiger charge is 2.54. The largest absolute Gasteiger partial charge is 0.457 e. The number of allylic oxidation sites excluding steroid dienone is 1. The van der Waals surface area contributed by atoms with Crippen LogP contribution in [0, 0.1) is 0 Å². The molecule has 3 nitrogen and oxygen atoms in total. The van der Waals surface area contributed by atoms with Gasteiger partial charge >= 0.3 is 0 Å². The van der Waals surface area contributed by atoms with Crippen LogP contribution in [0.3, 0.4) is 0 Å². The highest BCUT2D eigenvalue weighted by molar-refractivity contribution is 6.09. The molecule has 128 valence electrons. The van der Waals surface area contributed by atoms with Crippen molar-refractivity contribution in [3.05, 3.63) is 82.7 Å². The predicted molar refractivity (Wildman–Crippen MR) is 105 cm³/mol. The number of rotatable bonds is 2. The summed E-state index contributed by atoms with van der Waals surface area (Å²) < 4.78 is 12.0. The summed E-state index contributed by atoms with van der Waals surface area (Å²) in [6.07, 6.45) is 3.89. The summed E-state index contributed by atoms with van der Waals surface area (Å²) in [6, 6.07) is 17.8. The molecule has 0 aliphatic carbocycles. The summed E-state index contributed by atoms with van der Waals surface area (Å²) in [5, 5.41) is 4.91. The van der Waals surface area contributed by atoms with Gasteiger partial charge < -0.3 is 9.15 Å². The van der Waals surface area contributed by atoms with Crippen molar-refractivity contribution in [2.75, 3.05) is 0 Å². The highest BCUT2D eigenvalue weighted by atomic mass is 16.6. The number of benzene rings is 3. The third-order valence-electron chi connectivity index (χ3n) is 5.29. The second kappa shape index (κ2) is 5.29. The van der Waals surface area contributed by atoms with Gasteiger partial charge in [0.25, 0.3) is 0 Å². The van der Waals surface area contributed by atoms with E-state index in [1.54, 1.807) is 6.07 Å². The van der Waals surface area contributed by atoms with Crippen LogP contribution < -0.4 is 5.43 Å². The van der Waals surface area contributed by atoms with Crippen molar-refractivity contribution in [1.82, 2.24) is 0 Å². The molecular formula is C23H18O3. The van der Waals surface area contributed by atoms with E-state index < -0.39 is 5.60 Å². The van der Waals surface area contributed by atoms with Crippen LogP contribution in [0.25, 0.3) is 32.5 Å². The van der Waals surface area contributed by atoms with E-state index in [9.17, 15) is 4.79 Å². The van der Waals surface area contributed by atoms with Crippen molar-refractivity contribution in [3.63, 3.8) is 0 Å². The molecule has 3 heteroatoms. The van der Waals surface area contributed by atoms with Crippen LogP contribution in [0.15, 0.2) is 76.0 Å². The van der Waals surface area contributed by atoms with Gasteiger partial charge in [0.15, 0.2) is 11.0 Å². The lowest BCUT2D eigenvalue weighted by atomic mass is 10.00. The molecule has 2 heterocycles. The highest BCUT2D eigenvalue weighted by Crippen LogP contribution is 2.47. The Labute approximate surface area is 150 Å². The maximum Gasteiger partial charge on any atom is 0.193 e. The fourth-order valence-corrected chi connectivity index (χ4v) is 3.70. The number of fused-ring (bicyclic) bond motifs is 4. The van der Waals surface area contributed by atoms with Crippen LogP contribution in [0.4, 0.5) is 0 Å². The summed E-state index contributed by atoms with van der Waals surface area (Å²) in [5.41, 5.74) is 0.0257. The van der Waals surface area contributed by atoms with Crippen molar-refractivity contribution >= 4 is 32.5 Å². The minimum atomic E-state index is -0.571. The van der Waals surface area contributed by atoms with Crippen LogP contribution >= 0.6 is 0 Å². The van der Waals surface area contributed by atoms with E-state index in [-0.39, 0.29) is 11.5 Å². The Balaban J connectivity index is 1.82. The van der Waals surface area contributed by atoms with Crippen LogP contribution in [0.2, 0.25) is 0 Å². The second-order valence-electron chi connectivity index (χ2n) is 7.01. The first kappa shape index (κ1) is 15.4. The van der Waals surface area contributed by atoms with Crippen LogP contribution in [0.1, 0.15) is 19.6 Å². The molecular weight excluding hydrogens is 324 g/mol. The molecule has 0 spiro atoms. The lowest BCUT2D eigenvalue weighted by Crippen LogP contribution is -2.11. The van der Waals surface area contributed by atoms with E-state index >= 15 is 0 Å². The molecule has 1 aliphatic heterocycles. The van der Waals surface area contributed by atoms with Crippen LogP contribution in [-0.2, 0) is 10.3 Å². The molecule has 0 saturated carbocycles. The fourth-order valence-electron chi connectivity index (χ4n) is 3.70. The first-order valence-electron chi connectivity index (χ1n) is 8.80. The quantitative estimate of drug-likeness (QED) is 0.215. The Bertz CT molecular complexity index is 1270. The molecule has 26 heavy (non-hydrogen) atoms. The lowest BCUT2D eigenvalue weighted by molar-refractivity contribution is 0.283. The van der Waals surface area contributed by atoms with Crippen LogP contribution in [-0.4, -0.2) is 6.10 Å². The molecule has 0 unspecified atom stereocenters. The fraction of sp³-hybridized carbons (Fsp3) is 0.174. The normalized spacial score (nSPS) is 22.6. The number of ether oxygens (including phenoxy) is 1. The van der Waals surface area contributed by atoms with E-state index in [2.05, 4.69) is 24.3 Å². The Morgan fingerprint density at radius 3 is 2.50 bits per heavy atom. The molecule has 1 aliphatic rings. The van der Waals surface area contributed by atoms with Gasteiger partial charge in [0.2, 0.25) is 0 Å². The minimum Gasteiger partial charge on any atom is -0.457 e. The van der Waals surface area contributed by atoms with Crippen molar-refractivity contribution in [2.24, 2.45) is 0 Å². The van der Waals surface area contributed by atoms with Crippen molar-refractivity contribution < 1.29 is 9.15 Å². The van der Waals surface area contributed by atoms with E-state index in [0.29, 0.717) is 16.7 Å². The summed E-state index contributed by atoms with van der Waals surface area (Å²) in [4.78, 5) is 12.7. The maximum absolute atomic E-state index is 12.7. The third-order valence-corrected chi connectivity index (χ3v) is 5.29. The number of hydrogen-bond acceptors (Lipinski definition) is 3. The summed E-state index contributed by atoms with van der Waals surface area (Å²) >= 11 is 0. The standard InChI is InChI=1S/C23H18O3/c1-3-6-20-23(2,26-20)21-13-19(24)17-10-9-16-11-14-7-4-5-8-15(14)12-18(16)22(17)25-21/h3-13,20H,1-2H3/b6-3-/t20-,23+/m1/s1. The van der Waals surface area contributed by atoms with Gasteiger partial charge in [-0.25, -0.2) is 0 Å². The van der Waals surface area contributed by atoms with E-state index in [0.717, 1.165) is 16.2 Å². The van der Waals surface area contributed by atoms with Crippen molar-refractivity contribution in [2.45, 2.75) is 25.6 Å². The van der Waals surface area contributed by atoms with Gasteiger partial charge in [0.1, 0.15) is 17.4 Å². The summed E-state index contributed by atoms with van der Waals surface area (Å²) in [7, 11) is 0. The number of hydrogen-bond donors (Lipinski definition) is 0. The minimum absolute atomic E-state index is 0.0349. The Hall–Kier alpha value is -2.91. The molecule has 1 aromatic heterocycles. The zero-order valence-electron chi connectivity index (χ0n) is 14.7. The molecule has 5 rings (SSSR count). The molecule has 2 atom stereocenters. The van der Waals surface area contributed by atoms with Crippen molar-refractivity contribution in [1.29, 1.82) is 0 Å².